The molecule has 0 radical (unpaired) electrons. The van der Waals surface area contributed by atoms with Crippen molar-refractivity contribution in [1.82, 2.24) is 0 Å². The molecule has 0 spiro atoms. The molecule has 1 aromatic carbocycles. The Kier molecular flexibility index (Phi) is 4.85. The number of halogens is 2. The van der Waals surface area contributed by atoms with Crippen LogP contribution in [0.4, 0.5) is 0 Å². The molecule has 0 saturated heterocycles. The monoisotopic (exact) mass is 288 g/mol. The van der Waals surface area contributed by atoms with Crippen molar-refractivity contribution in [1.29, 1.82) is 0 Å². The maximum absolute atomic E-state index is 10.8. The first-order valence-corrected chi connectivity index (χ1v) is 5.91. The molecule has 0 aliphatic heterocycles. The predicted octanol–water partition coefficient (Wildman–Crippen LogP) is 3.84. The van der Waals surface area contributed by atoms with Gasteiger partial charge in [0.15, 0.2) is 0 Å². The van der Waals surface area contributed by atoms with E-state index in [1.807, 2.05) is 12.2 Å². The molecule has 2 nitrogen and oxygen atoms in total. The van der Waals surface area contributed by atoms with Crippen LogP contribution >= 0.6 is 27.5 Å². The van der Waals surface area contributed by atoms with Gasteiger partial charge in [-0.05, 0) is 18.1 Å². The largest absolute Gasteiger partial charge is 0.478 e. The molecular weight excluding hydrogens is 279 g/mol. The zero-order valence-electron chi connectivity index (χ0n) is 7.91. The van der Waals surface area contributed by atoms with E-state index in [9.17, 15) is 4.79 Å². The quantitative estimate of drug-likeness (QED) is 0.855. The number of allylic oxidation sites excluding steroid dienone is 1. The molecule has 0 fully saturated rings. The van der Waals surface area contributed by atoms with E-state index in [0.29, 0.717) is 0 Å². The molecule has 0 saturated carbocycles. The minimum Gasteiger partial charge on any atom is -0.478 e. The average molecular weight is 290 g/mol. The smallest absolute Gasteiger partial charge is 0.337 e. The predicted molar refractivity (Wildman–Crippen MR) is 65.9 cm³/mol. The third-order valence-electron chi connectivity index (χ3n) is 1.83. The van der Waals surface area contributed by atoms with E-state index >= 15 is 0 Å². The molecule has 0 atom stereocenters. The molecule has 1 N–H and O–H groups in total. The SMILES string of the molecule is O=C(O)c1cccc(C=CCCBr)c1Cl. The summed E-state index contributed by atoms with van der Waals surface area (Å²) in [5, 5.41) is 10.0. The lowest BCUT2D eigenvalue weighted by atomic mass is 10.1. The van der Waals surface area contributed by atoms with Crippen molar-refractivity contribution >= 4 is 39.6 Å². The van der Waals surface area contributed by atoms with Gasteiger partial charge >= 0.3 is 5.97 Å². The molecular formula is C11H10BrClO2. The molecule has 80 valence electrons. The number of hydrogen-bond acceptors (Lipinski definition) is 1. The Morgan fingerprint density at radius 1 is 1.53 bits per heavy atom. The normalized spacial score (nSPS) is 10.8. The van der Waals surface area contributed by atoms with Crippen molar-refractivity contribution < 1.29 is 9.90 Å². The Hall–Kier alpha value is -0.800. The first-order valence-electron chi connectivity index (χ1n) is 4.41. The van der Waals surface area contributed by atoms with Gasteiger partial charge in [-0.1, -0.05) is 51.8 Å². The topological polar surface area (TPSA) is 37.3 Å². The molecule has 0 aliphatic rings. The molecule has 0 aromatic heterocycles. The fourth-order valence-corrected chi connectivity index (χ4v) is 1.65. The second kappa shape index (κ2) is 5.93. The highest BCUT2D eigenvalue weighted by Crippen LogP contribution is 2.22. The number of benzene rings is 1. The summed E-state index contributed by atoms with van der Waals surface area (Å²) in [5.74, 6) is -1.00. The van der Waals surface area contributed by atoms with Crippen LogP contribution in [0.1, 0.15) is 22.3 Å². The maximum Gasteiger partial charge on any atom is 0.337 e. The van der Waals surface area contributed by atoms with Crippen LogP contribution in [0.25, 0.3) is 6.08 Å². The number of rotatable bonds is 4. The van der Waals surface area contributed by atoms with Crippen LogP contribution in [0, 0.1) is 0 Å². The summed E-state index contributed by atoms with van der Waals surface area (Å²) in [6.07, 6.45) is 4.66. The third-order valence-corrected chi connectivity index (χ3v) is 2.71. The Balaban J connectivity index is 2.99. The minimum absolute atomic E-state index is 0.137. The average Bonchev–Trinajstić information content (AvgIpc) is 2.20. The summed E-state index contributed by atoms with van der Waals surface area (Å²) in [4.78, 5) is 10.8. The van der Waals surface area contributed by atoms with E-state index in [1.165, 1.54) is 6.07 Å². The van der Waals surface area contributed by atoms with Crippen LogP contribution in [0.2, 0.25) is 5.02 Å². The highest BCUT2D eigenvalue weighted by molar-refractivity contribution is 9.09. The van der Waals surface area contributed by atoms with Crippen molar-refractivity contribution in [3.8, 4) is 0 Å². The number of carboxylic acids is 1. The lowest BCUT2D eigenvalue weighted by Gasteiger charge is -2.01. The van der Waals surface area contributed by atoms with Gasteiger partial charge in [0.2, 0.25) is 0 Å². The molecule has 1 aromatic rings. The summed E-state index contributed by atoms with van der Waals surface area (Å²) in [6.45, 7) is 0. The lowest BCUT2D eigenvalue weighted by molar-refractivity contribution is 0.0697. The van der Waals surface area contributed by atoms with Crippen molar-refractivity contribution in [3.63, 3.8) is 0 Å². The van der Waals surface area contributed by atoms with E-state index < -0.39 is 5.97 Å². The molecule has 1 rings (SSSR count). The maximum atomic E-state index is 10.8. The highest BCUT2D eigenvalue weighted by atomic mass is 79.9. The minimum atomic E-state index is -1.00. The number of carboxylic acid groups (broad SMARTS) is 1. The van der Waals surface area contributed by atoms with Gasteiger partial charge in [0.25, 0.3) is 0 Å². The van der Waals surface area contributed by atoms with Crippen LogP contribution in [0.5, 0.6) is 0 Å². The van der Waals surface area contributed by atoms with Crippen LogP contribution in [-0.4, -0.2) is 16.4 Å². The van der Waals surface area contributed by atoms with Crippen LogP contribution in [-0.2, 0) is 0 Å². The fourth-order valence-electron chi connectivity index (χ4n) is 1.12. The van der Waals surface area contributed by atoms with E-state index in [4.69, 9.17) is 16.7 Å². The van der Waals surface area contributed by atoms with E-state index in [2.05, 4.69) is 15.9 Å². The number of aromatic carboxylic acids is 1. The van der Waals surface area contributed by atoms with Crippen molar-refractivity contribution in [2.75, 3.05) is 5.33 Å². The zero-order chi connectivity index (χ0) is 11.3. The molecule has 0 heterocycles. The van der Waals surface area contributed by atoms with Gasteiger partial charge in [-0.3, -0.25) is 0 Å². The molecule has 15 heavy (non-hydrogen) atoms. The highest BCUT2D eigenvalue weighted by Gasteiger charge is 2.09. The van der Waals surface area contributed by atoms with Gasteiger partial charge in [0.1, 0.15) is 0 Å². The number of alkyl halides is 1. The van der Waals surface area contributed by atoms with Gasteiger partial charge in [-0.25, -0.2) is 4.79 Å². The third kappa shape index (κ3) is 3.36. The van der Waals surface area contributed by atoms with Crippen molar-refractivity contribution in [2.45, 2.75) is 6.42 Å². The Bertz CT molecular complexity index is 388. The zero-order valence-corrected chi connectivity index (χ0v) is 10.3. The fraction of sp³-hybridized carbons (Fsp3) is 0.182. The lowest BCUT2D eigenvalue weighted by Crippen LogP contribution is -1.97. The standard InChI is InChI=1S/C11H10BrClO2/c12-7-2-1-4-8-5-3-6-9(10(8)13)11(14)15/h1,3-6H,2,7H2,(H,14,15). The van der Waals surface area contributed by atoms with E-state index in [1.54, 1.807) is 12.1 Å². The summed E-state index contributed by atoms with van der Waals surface area (Å²) >= 11 is 9.24. The van der Waals surface area contributed by atoms with E-state index in [-0.39, 0.29) is 10.6 Å². The molecule has 0 unspecified atom stereocenters. The second-order valence-corrected chi connectivity index (χ2v) is 4.06. The van der Waals surface area contributed by atoms with Gasteiger partial charge < -0.3 is 5.11 Å². The van der Waals surface area contributed by atoms with E-state index in [0.717, 1.165) is 17.3 Å². The first kappa shape index (κ1) is 12.3. The Labute approximate surface area is 102 Å². The summed E-state index contributed by atoms with van der Waals surface area (Å²) in [7, 11) is 0. The number of carbonyl (C=O) groups is 1. The van der Waals surface area contributed by atoms with Crippen molar-refractivity contribution in [3.05, 3.63) is 40.4 Å². The molecule has 0 bridgehead atoms. The molecule has 4 heteroatoms. The summed E-state index contributed by atoms with van der Waals surface area (Å²) in [5.41, 5.74) is 0.871. The van der Waals surface area contributed by atoms with Gasteiger partial charge in [0.05, 0.1) is 10.6 Å². The summed E-state index contributed by atoms with van der Waals surface area (Å²) in [6, 6.07) is 4.97. The number of hydrogen-bond donors (Lipinski definition) is 1. The Morgan fingerprint density at radius 3 is 2.87 bits per heavy atom. The summed E-state index contributed by atoms with van der Waals surface area (Å²) < 4.78 is 0. The van der Waals surface area contributed by atoms with Gasteiger partial charge in [-0.15, -0.1) is 0 Å². The second-order valence-electron chi connectivity index (χ2n) is 2.89. The van der Waals surface area contributed by atoms with Crippen LogP contribution < -0.4 is 0 Å². The Morgan fingerprint density at radius 2 is 2.27 bits per heavy atom. The van der Waals surface area contributed by atoms with Crippen molar-refractivity contribution in [2.24, 2.45) is 0 Å². The first-order chi connectivity index (χ1) is 7.16. The van der Waals surface area contributed by atoms with Gasteiger partial charge in [-0.2, -0.15) is 0 Å². The van der Waals surface area contributed by atoms with Crippen LogP contribution in [0.15, 0.2) is 24.3 Å². The van der Waals surface area contributed by atoms with Crippen LogP contribution in [0.3, 0.4) is 0 Å². The van der Waals surface area contributed by atoms with Gasteiger partial charge in [0, 0.05) is 5.33 Å². The molecule has 0 amide bonds. The molecule has 0 aliphatic carbocycles.